The van der Waals surface area contributed by atoms with Gasteiger partial charge in [0.2, 0.25) is 0 Å². The van der Waals surface area contributed by atoms with E-state index in [1.165, 1.54) is 24.0 Å². The van der Waals surface area contributed by atoms with Crippen LogP contribution in [0, 0.1) is 0 Å². The monoisotopic (exact) mass is 247 g/mol. The molecule has 0 saturated carbocycles. The normalized spacial score (nSPS) is 39.4. The topological polar surface area (TPSA) is 46.2 Å². The third-order valence-corrected chi connectivity index (χ3v) is 5.74. The molecule has 2 aliphatic heterocycles. The molecule has 1 N–H and O–H groups in total. The van der Waals surface area contributed by atoms with Crippen LogP contribution < -0.4 is 5.32 Å². The predicted octanol–water partition coefficient (Wildman–Crippen LogP) is 1.17. The van der Waals surface area contributed by atoms with Gasteiger partial charge in [0.15, 0.2) is 9.84 Å². The number of hydrogen-bond acceptors (Lipinski definition) is 4. The molecule has 0 amide bonds. The van der Waals surface area contributed by atoms with Gasteiger partial charge in [0.25, 0.3) is 0 Å². The van der Waals surface area contributed by atoms with Crippen molar-refractivity contribution in [3.8, 4) is 0 Å². The maximum atomic E-state index is 11.2. The van der Waals surface area contributed by atoms with E-state index in [-0.39, 0.29) is 11.8 Å². The van der Waals surface area contributed by atoms with Crippen molar-refractivity contribution in [2.45, 2.75) is 37.1 Å². The summed E-state index contributed by atoms with van der Waals surface area (Å²) in [5.41, 5.74) is 0. The maximum absolute atomic E-state index is 11.2. The molecule has 3 unspecified atom stereocenters. The molecule has 0 spiro atoms. The van der Waals surface area contributed by atoms with E-state index in [9.17, 15) is 8.42 Å². The Labute approximate surface area is 95.6 Å². The molecule has 0 aromatic carbocycles. The Morgan fingerprint density at radius 3 is 2.87 bits per heavy atom. The van der Waals surface area contributed by atoms with Gasteiger partial charge in [-0.15, -0.1) is 0 Å². The SMILES string of the molecule is CC1SCCCC1NC1C=CS(=O)(=O)C1. The Morgan fingerprint density at radius 2 is 2.27 bits per heavy atom. The quantitative estimate of drug-likeness (QED) is 0.796. The van der Waals surface area contributed by atoms with Crippen LogP contribution in [0.1, 0.15) is 19.8 Å². The van der Waals surface area contributed by atoms with Gasteiger partial charge >= 0.3 is 0 Å². The molecule has 2 aliphatic rings. The molecule has 2 heterocycles. The fourth-order valence-electron chi connectivity index (χ4n) is 2.10. The lowest BCUT2D eigenvalue weighted by Gasteiger charge is -2.31. The summed E-state index contributed by atoms with van der Waals surface area (Å²) in [4.78, 5) is 0. The van der Waals surface area contributed by atoms with E-state index in [0.717, 1.165) is 0 Å². The summed E-state index contributed by atoms with van der Waals surface area (Å²) in [6.07, 6.45) is 4.18. The Morgan fingerprint density at radius 1 is 1.47 bits per heavy atom. The van der Waals surface area contributed by atoms with E-state index in [1.54, 1.807) is 6.08 Å². The molecule has 0 bridgehead atoms. The Balaban J connectivity index is 1.90. The first-order chi connectivity index (χ1) is 7.07. The van der Waals surface area contributed by atoms with Gasteiger partial charge in [-0.3, -0.25) is 0 Å². The summed E-state index contributed by atoms with van der Waals surface area (Å²) < 4.78 is 22.5. The first kappa shape index (κ1) is 11.5. The van der Waals surface area contributed by atoms with Crippen LogP contribution in [0.15, 0.2) is 11.5 Å². The van der Waals surface area contributed by atoms with Crippen molar-refractivity contribution in [3.05, 3.63) is 11.5 Å². The Bertz CT molecular complexity index is 350. The number of thioether (sulfide) groups is 1. The van der Waals surface area contributed by atoms with Crippen LogP contribution in [0.3, 0.4) is 0 Å². The fraction of sp³-hybridized carbons (Fsp3) is 0.800. The van der Waals surface area contributed by atoms with E-state index in [4.69, 9.17) is 0 Å². The fourth-order valence-corrected chi connectivity index (χ4v) is 4.50. The number of sulfone groups is 1. The molecule has 86 valence electrons. The van der Waals surface area contributed by atoms with Gasteiger partial charge in [0, 0.05) is 22.7 Å². The predicted molar refractivity (Wildman–Crippen MR) is 64.8 cm³/mol. The average molecular weight is 247 g/mol. The van der Waals surface area contributed by atoms with E-state index in [2.05, 4.69) is 12.2 Å². The molecule has 3 nitrogen and oxygen atoms in total. The van der Waals surface area contributed by atoms with Crippen molar-refractivity contribution in [2.24, 2.45) is 0 Å². The highest BCUT2D eigenvalue weighted by atomic mass is 32.2. The zero-order valence-corrected chi connectivity index (χ0v) is 10.5. The second-order valence-corrected chi connectivity index (χ2v) is 7.67. The molecule has 3 atom stereocenters. The van der Waals surface area contributed by atoms with Gasteiger partial charge in [-0.2, -0.15) is 11.8 Å². The second-order valence-electron chi connectivity index (χ2n) is 4.26. The third-order valence-electron chi connectivity index (χ3n) is 2.97. The highest BCUT2D eigenvalue weighted by Gasteiger charge is 2.27. The summed E-state index contributed by atoms with van der Waals surface area (Å²) in [6, 6.07) is 0.493. The molecule has 2 rings (SSSR count). The molecule has 1 fully saturated rings. The van der Waals surface area contributed by atoms with Crippen molar-refractivity contribution >= 4 is 21.6 Å². The van der Waals surface area contributed by atoms with Crippen molar-refractivity contribution in [2.75, 3.05) is 11.5 Å². The molecule has 1 saturated heterocycles. The van der Waals surface area contributed by atoms with Crippen molar-refractivity contribution < 1.29 is 8.42 Å². The molecule has 0 aromatic rings. The van der Waals surface area contributed by atoms with Gasteiger partial charge in [-0.05, 0) is 18.6 Å². The van der Waals surface area contributed by atoms with Gasteiger partial charge in [0.1, 0.15) is 0 Å². The molecule has 0 radical (unpaired) electrons. The van der Waals surface area contributed by atoms with Crippen LogP contribution in [0.5, 0.6) is 0 Å². The van der Waals surface area contributed by atoms with E-state index < -0.39 is 9.84 Å². The molecule has 0 aromatic heterocycles. The first-order valence-corrected chi connectivity index (χ1v) is 8.12. The lowest BCUT2D eigenvalue weighted by atomic mass is 10.1. The zero-order chi connectivity index (χ0) is 10.9. The molecule has 5 heteroatoms. The van der Waals surface area contributed by atoms with E-state index in [1.807, 2.05) is 11.8 Å². The summed E-state index contributed by atoms with van der Waals surface area (Å²) in [5.74, 6) is 1.47. The Kier molecular flexibility index (Phi) is 3.42. The van der Waals surface area contributed by atoms with Gasteiger partial charge in [-0.25, -0.2) is 8.42 Å². The van der Waals surface area contributed by atoms with E-state index in [0.29, 0.717) is 11.3 Å². The summed E-state index contributed by atoms with van der Waals surface area (Å²) in [5, 5.41) is 5.37. The number of hydrogen-bond donors (Lipinski definition) is 1. The minimum absolute atomic E-state index is 0.0288. The van der Waals surface area contributed by atoms with Crippen LogP contribution in [-0.4, -0.2) is 37.3 Å². The first-order valence-electron chi connectivity index (χ1n) is 5.35. The van der Waals surface area contributed by atoms with E-state index >= 15 is 0 Å². The van der Waals surface area contributed by atoms with Crippen molar-refractivity contribution in [3.63, 3.8) is 0 Å². The average Bonchev–Trinajstić information content (AvgIpc) is 2.50. The molecule has 0 aliphatic carbocycles. The van der Waals surface area contributed by atoms with Crippen LogP contribution in [0.25, 0.3) is 0 Å². The maximum Gasteiger partial charge on any atom is 0.173 e. The zero-order valence-electron chi connectivity index (χ0n) is 8.85. The number of nitrogens with one attached hydrogen (secondary N) is 1. The molecular weight excluding hydrogens is 230 g/mol. The second kappa shape index (κ2) is 4.47. The van der Waals surface area contributed by atoms with Crippen LogP contribution in [0.4, 0.5) is 0 Å². The summed E-state index contributed by atoms with van der Waals surface area (Å²) in [6.45, 7) is 2.22. The largest absolute Gasteiger partial charge is 0.306 e. The van der Waals surface area contributed by atoms with Crippen molar-refractivity contribution in [1.82, 2.24) is 5.32 Å². The Hall–Kier alpha value is -0.0000000000000000555. The summed E-state index contributed by atoms with van der Waals surface area (Å²) >= 11 is 1.97. The minimum Gasteiger partial charge on any atom is -0.306 e. The van der Waals surface area contributed by atoms with Crippen LogP contribution in [-0.2, 0) is 9.84 Å². The standard InChI is InChI=1S/C10H17NO2S2/c1-8-10(3-2-5-14-8)11-9-4-6-15(12,13)7-9/h4,6,8-11H,2-3,5,7H2,1H3. The summed E-state index contributed by atoms with van der Waals surface area (Å²) in [7, 11) is -2.91. The van der Waals surface area contributed by atoms with Crippen LogP contribution >= 0.6 is 11.8 Å². The molecule has 15 heavy (non-hydrogen) atoms. The number of rotatable bonds is 2. The van der Waals surface area contributed by atoms with Gasteiger partial charge in [0.05, 0.1) is 5.75 Å². The highest BCUT2D eigenvalue weighted by Crippen LogP contribution is 2.26. The van der Waals surface area contributed by atoms with Gasteiger partial charge in [-0.1, -0.05) is 13.0 Å². The lowest BCUT2D eigenvalue weighted by molar-refractivity contribution is 0.444. The van der Waals surface area contributed by atoms with Gasteiger partial charge < -0.3 is 5.32 Å². The van der Waals surface area contributed by atoms with Crippen LogP contribution in [0.2, 0.25) is 0 Å². The minimum atomic E-state index is -2.91. The van der Waals surface area contributed by atoms with Crippen molar-refractivity contribution in [1.29, 1.82) is 0 Å². The smallest absolute Gasteiger partial charge is 0.173 e. The molecular formula is C10H17NO2S2. The lowest BCUT2D eigenvalue weighted by Crippen LogP contribution is -2.45. The highest BCUT2D eigenvalue weighted by molar-refractivity contribution is 8.00. The third kappa shape index (κ3) is 2.98.